The lowest BCUT2D eigenvalue weighted by Crippen LogP contribution is -2.17. The molecule has 4 rings (SSSR count). The summed E-state index contributed by atoms with van der Waals surface area (Å²) < 4.78 is 2.35. The Balaban J connectivity index is 2.06. The van der Waals surface area contributed by atoms with E-state index in [1.54, 1.807) is 7.05 Å². The minimum atomic E-state index is -0.0812. The van der Waals surface area contributed by atoms with Crippen LogP contribution >= 0.6 is 0 Å². The molecule has 0 spiro atoms. The Morgan fingerprint density at radius 2 is 1.78 bits per heavy atom. The number of rotatable bonds is 5. The number of aryl methyl sites for hydroxylation is 2. The quantitative estimate of drug-likeness (QED) is 0.418. The molecule has 0 fully saturated rings. The molecule has 32 heavy (non-hydrogen) atoms. The topological polar surface area (TPSA) is 72.9 Å². The first-order valence-corrected chi connectivity index (χ1v) is 11.0. The zero-order valence-electron chi connectivity index (χ0n) is 19.4. The average Bonchev–Trinajstić information content (AvgIpc) is 3.06. The van der Waals surface area contributed by atoms with Crippen LogP contribution in [0.4, 0.5) is 5.69 Å². The number of benzene rings is 2. The number of nitrogens with two attached hydrogens (primary N) is 1. The van der Waals surface area contributed by atoms with E-state index in [1.165, 1.54) is 11.3 Å². The van der Waals surface area contributed by atoms with Crippen LogP contribution in [0.2, 0.25) is 0 Å². The fourth-order valence-corrected chi connectivity index (χ4v) is 4.57. The standard InChI is InChI=1S/C27H30N4O/c1-16(2)25-23-14-20(27(32)29-5)9-10-24(23)31(15-19-7-6-8-22(28)13-19)26(25)21-11-17(3)30-18(4)12-21/h6-14,16H,15,28H2,1-5H3,(H,29,32). The molecule has 164 valence electrons. The van der Waals surface area contributed by atoms with Crippen LogP contribution in [0, 0.1) is 13.8 Å². The maximum absolute atomic E-state index is 12.4. The maximum Gasteiger partial charge on any atom is 0.251 e. The molecule has 5 heteroatoms. The van der Waals surface area contributed by atoms with E-state index >= 15 is 0 Å². The smallest absolute Gasteiger partial charge is 0.251 e. The molecule has 5 nitrogen and oxygen atoms in total. The summed E-state index contributed by atoms with van der Waals surface area (Å²) in [5.41, 5.74) is 15.2. The Hall–Kier alpha value is -3.60. The van der Waals surface area contributed by atoms with Crippen molar-refractivity contribution < 1.29 is 4.79 Å². The highest BCUT2D eigenvalue weighted by Crippen LogP contribution is 2.39. The lowest BCUT2D eigenvalue weighted by Gasteiger charge is -2.16. The molecule has 4 aromatic rings. The summed E-state index contributed by atoms with van der Waals surface area (Å²) in [7, 11) is 1.66. The van der Waals surface area contributed by atoms with E-state index in [-0.39, 0.29) is 11.8 Å². The van der Waals surface area contributed by atoms with Crippen LogP contribution in [0.15, 0.2) is 54.6 Å². The highest BCUT2D eigenvalue weighted by atomic mass is 16.1. The summed E-state index contributed by atoms with van der Waals surface area (Å²) in [6.07, 6.45) is 0. The van der Waals surface area contributed by atoms with E-state index in [2.05, 4.69) is 53.0 Å². The summed E-state index contributed by atoms with van der Waals surface area (Å²) in [6, 6.07) is 18.3. The lowest BCUT2D eigenvalue weighted by molar-refractivity contribution is 0.0963. The number of hydrogen-bond donors (Lipinski definition) is 2. The van der Waals surface area contributed by atoms with Gasteiger partial charge in [-0.3, -0.25) is 9.78 Å². The Kier molecular flexibility index (Phi) is 5.74. The van der Waals surface area contributed by atoms with Crippen molar-refractivity contribution in [1.82, 2.24) is 14.9 Å². The number of carbonyl (C=O) groups is 1. The summed E-state index contributed by atoms with van der Waals surface area (Å²) in [4.78, 5) is 17.0. The van der Waals surface area contributed by atoms with E-state index in [4.69, 9.17) is 5.73 Å². The predicted octanol–water partition coefficient (Wildman–Crippen LogP) is 5.43. The van der Waals surface area contributed by atoms with Crippen molar-refractivity contribution in [3.8, 4) is 11.3 Å². The van der Waals surface area contributed by atoms with Crippen molar-refractivity contribution in [1.29, 1.82) is 0 Å². The Bertz CT molecular complexity index is 1300. The van der Waals surface area contributed by atoms with E-state index in [0.29, 0.717) is 12.1 Å². The van der Waals surface area contributed by atoms with Crippen LogP contribution < -0.4 is 11.1 Å². The molecule has 2 aromatic carbocycles. The van der Waals surface area contributed by atoms with Gasteiger partial charge in [0.2, 0.25) is 0 Å². The molecular weight excluding hydrogens is 396 g/mol. The second-order valence-electron chi connectivity index (χ2n) is 8.70. The number of nitrogens with zero attached hydrogens (tertiary/aromatic N) is 2. The maximum atomic E-state index is 12.4. The van der Waals surface area contributed by atoms with Crippen LogP contribution in [-0.4, -0.2) is 22.5 Å². The van der Waals surface area contributed by atoms with E-state index in [1.807, 2.05) is 44.2 Å². The number of amides is 1. The van der Waals surface area contributed by atoms with Gasteiger partial charge in [0.15, 0.2) is 0 Å². The molecule has 2 heterocycles. The Morgan fingerprint density at radius 3 is 2.41 bits per heavy atom. The second-order valence-corrected chi connectivity index (χ2v) is 8.70. The Morgan fingerprint density at radius 1 is 1.06 bits per heavy atom. The third-order valence-corrected chi connectivity index (χ3v) is 5.82. The van der Waals surface area contributed by atoms with Gasteiger partial charge in [-0.1, -0.05) is 26.0 Å². The molecule has 0 radical (unpaired) electrons. The SMILES string of the molecule is CNC(=O)c1ccc2c(c1)c(C(C)C)c(-c1cc(C)nc(C)c1)n2Cc1cccc(N)c1. The summed E-state index contributed by atoms with van der Waals surface area (Å²) in [6.45, 7) is 9.15. The van der Waals surface area contributed by atoms with Gasteiger partial charge in [-0.15, -0.1) is 0 Å². The van der Waals surface area contributed by atoms with Gasteiger partial charge in [0.25, 0.3) is 5.91 Å². The number of hydrogen-bond acceptors (Lipinski definition) is 3. The van der Waals surface area contributed by atoms with Gasteiger partial charge in [-0.2, -0.15) is 0 Å². The number of nitrogen functional groups attached to an aromatic ring is 1. The Labute approximate surface area is 189 Å². The number of pyridine rings is 1. The monoisotopic (exact) mass is 426 g/mol. The molecular formula is C27H30N4O. The molecule has 0 aliphatic rings. The van der Waals surface area contributed by atoms with Gasteiger partial charge in [0.1, 0.15) is 0 Å². The van der Waals surface area contributed by atoms with Gasteiger partial charge in [0.05, 0.1) is 5.69 Å². The first-order chi connectivity index (χ1) is 15.3. The van der Waals surface area contributed by atoms with Crippen LogP contribution in [0.3, 0.4) is 0 Å². The third-order valence-electron chi connectivity index (χ3n) is 5.82. The van der Waals surface area contributed by atoms with Crippen molar-refractivity contribution in [2.24, 2.45) is 0 Å². The average molecular weight is 427 g/mol. The summed E-state index contributed by atoms with van der Waals surface area (Å²) in [5.74, 6) is 0.186. The van der Waals surface area contributed by atoms with Crippen LogP contribution in [-0.2, 0) is 6.54 Å². The first-order valence-electron chi connectivity index (χ1n) is 11.0. The lowest BCUT2D eigenvalue weighted by atomic mass is 9.95. The number of fused-ring (bicyclic) bond motifs is 1. The van der Waals surface area contributed by atoms with E-state index in [0.717, 1.165) is 39.1 Å². The third kappa shape index (κ3) is 3.98. The summed E-state index contributed by atoms with van der Waals surface area (Å²) >= 11 is 0. The van der Waals surface area contributed by atoms with E-state index < -0.39 is 0 Å². The molecule has 2 aromatic heterocycles. The number of carbonyl (C=O) groups excluding carboxylic acids is 1. The molecule has 0 unspecified atom stereocenters. The second kappa shape index (κ2) is 8.50. The fraction of sp³-hybridized carbons (Fsp3) is 0.259. The minimum Gasteiger partial charge on any atom is -0.399 e. The van der Waals surface area contributed by atoms with E-state index in [9.17, 15) is 4.79 Å². The van der Waals surface area contributed by atoms with Gasteiger partial charge < -0.3 is 15.6 Å². The van der Waals surface area contributed by atoms with Crippen LogP contribution in [0.1, 0.15) is 52.6 Å². The number of nitrogens with one attached hydrogen (secondary N) is 1. The van der Waals surface area contributed by atoms with Crippen LogP contribution in [0.25, 0.3) is 22.2 Å². The molecule has 0 aliphatic heterocycles. The van der Waals surface area contributed by atoms with Crippen molar-refractivity contribution >= 4 is 22.5 Å². The van der Waals surface area contributed by atoms with Gasteiger partial charge in [-0.05, 0) is 73.4 Å². The predicted molar refractivity (Wildman–Crippen MR) is 132 cm³/mol. The highest BCUT2D eigenvalue weighted by molar-refractivity contribution is 6.01. The molecule has 0 saturated heterocycles. The molecule has 3 N–H and O–H groups in total. The summed E-state index contributed by atoms with van der Waals surface area (Å²) in [5, 5.41) is 3.84. The molecule has 1 amide bonds. The van der Waals surface area contributed by atoms with Crippen molar-refractivity contribution in [3.63, 3.8) is 0 Å². The van der Waals surface area contributed by atoms with Crippen molar-refractivity contribution in [2.45, 2.75) is 40.2 Å². The zero-order valence-corrected chi connectivity index (χ0v) is 19.4. The normalized spacial score (nSPS) is 11.3. The number of aromatic nitrogens is 2. The number of anilines is 1. The molecule has 0 bridgehead atoms. The molecule has 0 saturated carbocycles. The van der Waals surface area contributed by atoms with Gasteiger partial charge in [0, 0.05) is 52.7 Å². The molecule has 0 aliphatic carbocycles. The zero-order chi connectivity index (χ0) is 23.0. The van der Waals surface area contributed by atoms with Crippen molar-refractivity contribution in [3.05, 3.63) is 82.7 Å². The molecule has 0 atom stereocenters. The highest BCUT2D eigenvalue weighted by Gasteiger charge is 2.22. The fourth-order valence-electron chi connectivity index (χ4n) is 4.57. The largest absolute Gasteiger partial charge is 0.399 e. The van der Waals surface area contributed by atoms with Gasteiger partial charge >= 0.3 is 0 Å². The van der Waals surface area contributed by atoms with Crippen LogP contribution in [0.5, 0.6) is 0 Å². The van der Waals surface area contributed by atoms with Gasteiger partial charge in [-0.25, -0.2) is 0 Å². The minimum absolute atomic E-state index is 0.0812. The first kappa shape index (κ1) is 21.6. The van der Waals surface area contributed by atoms with Crippen molar-refractivity contribution in [2.75, 3.05) is 12.8 Å².